The Morgan fingerprint density at radius 2 is 1.53 bits per heavy atom. The van der Waals surface area contributed by atoms with Crippen molar-refractivity contribution in [2.75, 3.05) is 0 Å². The van der Waals surface area contributed by atoms with E-state index in [9.17, 15) is 14.7 Å². The molecule has 90 valence electrons. The highest BCUT2D eigenvalue weighted by Crippen LogP contribution is 1.90. The van der Waals surface area contributed by atoms with E-state index in [-0.39, 0.29) is 12.3 Å². The normalized spacial score (nSPS) is 11.1. The third-order valence-corrected chi connectivity index (χ3v) is 0.794. The molecule has 10 heteroatoms. The molecule has 9 nitrogen and oxygen atoms in total. The van der Waals surface area contributed by atoms with Crippen LogP contribution in [0.15, 0.2) is 0 Å². The first-order valence-electron chi connectivity index (χ1n) is 2.69. The van der Waals surface area contributed by atoms with Crippen LogP contribution in [0.5, 0.6) is 0 Å². The quantitative estimate of drug-likeness (QED) is 0.276. The van der Waals surface area contributed by atoms with Crippen LogP contribution in [-0.4, -0.2) is 44.6 Å². The summed E-state index contributed by atoms with van der Waals surface area (Å²) in [6.07, 6.45) is -4.71. The second-order valence-corrected chi connectivity index (χ2v) is 1.82. The second kappa shape index (κ2) is 12.6. The Morgan fingerprint density at radius 1 is 1.27 bits per heavy atom. The molecule has 15 heavy (non-hydrogen) atoms. The van der Waals surface area contributed by atoms with Gasteiger partial charge >= 0.3 is 5.97 Å². The molecule has 0 aliphatic heterocycles. The Kier molecular flexibility index (Phi) is 19.6. The summed E-state index contributed by atoms with van der Waals surface area (Å²) in [6.45, 7) is 0. The molecule has 0 spiro atoms. The van der Waals surface area contributed by atoms with Crippen LogP contribution in [0.25, 0.3) is 5.41 Å². The van der Waals surface area contributed by atoms with Crippen molar-refractivity contribution in [3.63, 3.8) is 0 Å². The van der Waals surface area contributed by atoms with Gasteiger partial charge < -0.3 is 42.9 Å². The summed E-state index contributed by atoms with van der Waals surface area (Å²) in [5, 5.41) is 42.6. The summed E-state index contributed by atoms with van der Waals surface area (Å²) in [6, 6.07) is 0. The number of aliphatic hydroxyl groups is 2. The van der Waals surface area contributed by atoms with Gasteiger partial charge in [0, 0.05) is 0 Å². The number of nitrogens with zero attached hydrogens (tertiary/aromatic N) is 1. The molecule has 0 aromatic carbocycles. The van der Waals surface area contributed by atoms with Crippen molar-refractivity contribution >= 4 is 29.3 Å². The topological polar surface area (TPSA) is 213 Å². The average Bonchev–Trinajstić information content (AvgIpc) is 2.03. The Bertz CT molecular complexity index is 211. The van der Waals surface area contributed by atoms with Gasteiger partial charge in [-0.15, -0.1) is 0 Å². The highest BCUT2D eigenvalue weighted by Gasteiger charge is 2.23. The molecule has 11 N–H and O–H groups in total. The number of carbonyl (C=O) groups excluding carboxylic acids is 1. The summed E-state index contributed by atoms with van der Waals surface area (Å²) in [5.41, 5.74) is 0. The maximum atomic E-state index is 9.74. The monoisotopic (exact) mass is 243 g/mol. The Labute approximate surface area is 90.0 Å². The fraction of sp³-hybridized carbons (Fsp3) is 0.400. The van der Waals surface area contributed by atoms with Crippen molar-refractivity contribution < 1.29 is 30.0 Å². The van der Waals surface area contributed by atoms with Crippen LogP contribution in [0.2, 0.25) is 0 Å². The minimum atomic E-state index is -2.38. The number of carboxylic acid groups (broad SMARTS) is 2. The smallest absolute Gasteiger partial charge is 0.335 e. The van der Waals surface area contributed by atoms with Gasteiger partial charge in [0.1, 0.15) is 6.10 Å². The maximum absolute atomic E-state index is 9.74. The van der Waals surface area contributed by atoms with E-state index in [0.29, 0.717) is 0 Å². The predicted octanol–water partition coefficient (Wildman–Crippen LogP) is -2.05. The number of carbonyl (C=O) groups is 2. The molecule has 0 heterocycles. The van der Waals surface area contributed by atoms with Gasteiger partial charge in [0.05, 0.1) is 5.97 Å². The van der Waals surface area contributed by atoms with Gasteiger partial charge in [-0.05, 0) is 0 Å². The van der Waals surface area contributed by atoms with Crippen LogP contribution < -0.4 is 17.4 Å². The van der Waals surface area contributed by atoms with Gasteiger partial charge in [-0.2, -0.15) is 5.16 Å². The number of hydrogen-bond donors (Lipinski definition) is 5. The van der Waals surface area contributed by atoms with E-state index >= 15 is 0 Å². The number of quaternary nitrogens is 2. The third-order valence-electron chi connectivity index (χ3n) is 0.794. The number of aliphatic hydroxyl groups excluding tert-OH is 2. The van der Waals surface area contributed by atoms with E-state index in [1.807, 2.05) is 0 Å². The van der Waals surface area contributed by atoms with Gasteiger partial charge in [-0.3, -0.25) is 0 Å². The third kappa shape index (κ3) is 12.6. The number of hydrogen-bond acceptors (Lipinski definition) is 6. The van der Waals surface area contributed by atoms with Gasteiger partial charge in [0.15, 0.2) is 6.10 Å². The van der Waals surface area contributed by atoms with Gasteiger partial charge in [-0.25, -0.2) is 4.79 Å². The second-order valence-electron chi connectivity index (χ2n) is 1.64. The van der Waals surface area contributed by atoms with Crippen LogP contribution >= 0.6 is 12.2 Å². The van der Waals surface area contributed by atoms with Crippen molar-refractivity contribution in [1.82, 2.24) is 12.3 Å². The van der Waals surface area contributed by atoms with Crippen LogP contribution in [0.3, 0.4) is 0 Å². The fourth-order valence-corrected chi connectivity index (χ4v) is 0.264. The molecule has 0 bridgehead atoms. The molecule has 0 radical (unpaired) electrons. The fourth-order valence-electron chi connectivity index (χ4n) is 0.264. The van der Waals surface area contributed by atoms with E-state index in [1.165, 1.54) is 5.16 Å². The van der Waals surface area contributed by atoms with E-state index in [1.54, 1.807) is 0 Å². The van der Waals surface area contributed by atoms with Gasteiger partial charge in [-0.1, -0.05) is 12.2 Å². The van der Waals surface area contributed by atoms with Gasteiger partial charge in [0.25, 0.3) is 0 Å². The SMILES string of the molecule is O=C([O-])C(O)C(O)C(=O)O.[N-]=C=S.[NH4+].[NH4+]. The van der Waals surface area contributed by atoms with Gasteiger partial charge in [0.2, 0.25) is 0 Å². The number of isothiocyanates is 1. The Hall–Kier alpha value is -1.42. The van der Waals surface area contributed by atoms with Crippen molar-refractivity contribution in [3.8, 4) is 0 Å². The van der Waals surface area contributed by atoms with Crippen LogP contribution in [-0.2, 0) is 9.59 Å². The minimum Gasteiger partial charge on any atom is -0.753 e. The summed E-state index contributed by atoms with van der Waals surface area (Å²) in [4.78, 5) is 19.4. The molecule has 0 saturated heterocycles. The first-order chi connectivity index (χ1) is 5.88. The summed E-state index contributed by atoms with van der Waals surface area (Å²) < 4.78 is 0. The lowest BCUT2D eigenvalue weighted by Gasteiger charge is -2.13. The van der Waals surface area contributed by atoms with Crippen molar-refractivity contribution in [2.24, 2.45) is 0 Å². The molecule has 0 aromatic rings. The zero-order chi connectivity index (χ0) is 11.0. The Balaban J connectivity index is -0.000000108. The van der Waals surface area contributed by atoms with Crippen molar-refractivity contribution in [3.05, 3.63) is 5.41 Å². The zero-order valence-corrected chi connectivity index (χ0v) is 8.89. The molecule has 0 aliphatic rings. The summed E-state index contributed by atoms with van der Waals surface area (Å²) in [7, 11) is 0. The van der Waals surface area contributed by atoms with E-state index < -0.39 is 24.1 Å². The lowest BCUT2D eigenvalue weighted by molar-refractivity contribution is -0.318. The zero-order valence-electron chi connectivity index (χ0n) is 8.08. The molecule has 0 fully saturated rings. The van der Waals surface area contributed by atoms with Crippen molar-refractivity contribution in [2.45, 2.75) is 12.2 Å². The average molecular weight is 243 g/mol. The maximum Gasteiger partial charge on any atom is 0.335 e. The summed E-state index contributed by atoms with van der Waals surface area (Å²) in [5.74, 6) is -3.83. The molecule has 0 rings (SSSR count). The van der Waals surface area contributed by atoms with Crippen LogP contribution in [0.4, 0.5) is 0 Å². The molecule has 0 saturated carbocycles. The van der Waals surface area contributed by atoms with E-state index in [4.69, 9.17) is 20.7 Å². The molecular weight excluding hydrogens is 230 g/mol. The Morgan fingerprint density at radius 3 is 1.60 bits per heavy atom. The number of rotatable bonds is 3. The lowest BCUT2D eigenvalue weighted by atomic mass is 10.2. The van der Waals surface area contributed by atoms with E-state index in [2.05, 4.69) is 12.2 Å². The first-order valence-corrected chi connectivity index (χ1v) is 3.10. The van der Waals surface area contributed by atoms with Crippen LogP contribution in [0.1, 0.15) is 0 Å². The predicted molar refractivity (Wildman–Crippen MR) is 52.6 cm³/mol. The highest BCUT2D eigenvalue weighted by molar-refractivity contribution is 7.78. The standard InChI is InChI=1S/C4H6O6.CNS.2H3N/c5-1(3(7)8)2(6)4(9)10;2-1-3;;/h1-2,5-6H,(H,7,8)(H,9,10);;2*1H3/q;-1;;/p+1. The largest absolute Gasteiger partial charge is 0.753 e. The molecular formula is C5H13N3O6S. The number of thiocarbonyl (C=S) groups is 1. The number of carboxylic acids is 2. The highest BCUT2D eigenvalue weighted by atomic mass is 32.1. The number of aliphatic carboxylic acids is 2. The van der Waals surface area contributed by atoms with E-state index in [0.717, 1.165) is 0 Å². The van der Waals surface area contributed by atoms with Crippen molar-refractivity contribution in [1.29, 1.82) is 0 Å². The first kappa shape index (κ1) is 23.4. The minimum absolute atomic E-state index is 0. The summed E-state index contributed by atoms with van der Waals surface area (Å²) >= 11 is 3.70. The molecule has 0 aromatic heterocycles. The molecule has 2 atom stereocenters. The molecule has 0 aliphatic carbocycles. The molecule has 0 amide bonds. The lowest BCUT2D eigenvalue weighted by Crippen LogP contribution is -2.46. The van der Waals surface area contributed by atoms with Crippen LogP contribution in [0, 0.1) is 0 Å². The molecule has 2 unspecified atom stereocenters.